The van der Waals surface area contributed by atoms with Crippen molar-refractivity contribution in [3.05, 3.63) is 11.6 Å². The van der Waals surface area contributed by atoms with Crippen LogP contribution in [0.25, 0.3) is 0 Å². The molecule has 0 radical (unpaired) electrons. The summed E-state index contributed by atoms with van der Waals surface area (Å²) < 4.78 is 0.0164. The number of aliphatic hydroxyl groups is 2. The van der Waals surface area contributed by atoms with E-state index in [1.165, 1.54) is 5.57 Å². The molecule has 0 spiro atoms. The Morgan fingerprint density at radius 3 is 2.64 bits per heavy atom. The van der Waals surface area contributed by atoms with Crippen molar-refractivity contribution >= 4 is 28.4 Å². The van der Waals surface area contributed by atoms with Gasteiger partial charge in [0.05, 0.1) is 6.10 Å². The number of allylic oxidation sites excluding steroid dienone is 1. The van der Waals surface area contributed by atoms with Gasteiger partial charge in [-0.05, 0) is 75.0 Å². The van der Waals surface area contributed by atoms with Crippen LogP contribution in [-0.2, 0) is 4.79 Å². The Morgan fingerprint density at radius 1 is 1.24 bits per heavy atom. The summed E-state index contributed by atoms with van der Waals surface area (Å²) in [5.74, 6) is 1.57. The van der Waals surface area contributed by atoms with Crippen molar-refractivity contribution < 1.29 is 15.0 Å². The molecular weight excluding hydrogens is 427 g/mol. The van der Waals surface area contributed by atoms with E-state index in [0.29, 0.717) is 17.8 Å². The van der Waals surface area contributed by atoms with E-state index in [4.69, 9.17) is 0 Å². The van der Waals surface area contributed by atoms with Crippen molar-refractivity contribution in [3.63, 3.8) is 0 Å². The SMILES string of the molecule is CC(=O)[C@@]1(O)[C@H](I)C[C@H]2[C@@H]3CC=C4C[C@@H](O)CC[C@]4(C)[C@H]3CC[C@@]21C. The molecule has 4 heteroatoms. The van der Waals surface area contributed by atoms with Gasteiger partial charge in [-0.1, -0.05) is 48.1 Å². The molecule has 25 heavy (non-hydrogen) atoms. The Hall–Kier alpha value is 0.0600. The molecule has 0 heterocycles. The van der Waals surface area contributed by atoms with Crippen LogP contribution in [0.4, 0.5) is 0 Å². The number of fused-ring (bicyclic) bond motifs is 5. The lowest BCUT2D eigenvalue weighted by Crippen LogP contribution is -2.58. The van der Waals surface area contributed by atoms with Gasteiger partial charge in [0, 0.05) is 9.34 Å². The van der Waals surface area contributed by atoms with Crippen LogP contribution >= 0.6 is 22.6 Å². The fraction of sp³-hybridized carbons (Fsp3) is 0.857. The number of Topliss-reactive ketones (excluding diaryl/α,β-unsaturated/α-hetero) is 1. The molecule has 0 unspecified atom stereocenters. The molecule has 0 amide bonds. The van der Waals surface area contributed by atoms with Gasteiger partial charge in [0.1, 0.15) is 5.60 Å². The Morgan fingerprint density at radius 2 is 1.96 bits per heavy atom. The molecular formula is C21H31IO3. The number of rotatable bonds is 1. The smallest absolute Gasteiger partial charge is 0.162 e. The lowest BCUT2D eigenvalue weighted by molar-refractivity contribution is -0.157. The van der Waals surface area contributed by atoms with E-state index in [0.717, 1.165) is 44.9 Å². The standard InChI is InChI=1S/C21H31IO3/c1-12(23)21(25)18(22)11-17-15-5-4-13-10-14(24)6-8-19(13,2)16(15)7-9-20(17,21)3/h4,14-18,24-25H,5-11H2,1-3H3/t14-,15+,16-,17-,18+,19-,20-,21+/m0/s1. The van der Waals surface area contributed by atoms with E-state index < -0.39 is 5.60 Å². The van der Waals surface area contributed by atoms with Crippen molar-refractivity contribution in [2.24, 2.45) is 28.6 Å². The highest BCUT2D eigenvalue weighted by molar-refractivity contribution is 14.1. The van der Waals surface area contributed by atoms with Crippen molar-refractivity contribution in [2.45, 2.75) is 81.3 Å². The maximum absolute atomic E-state index is 12.4. The average molecular weight is 458 g/mol. The zero-order chi connectivity index (χ0) is 18.2. The first-order valence-corrected chi connectivity index (χ1v) is 11.1. The van der Waals surface area contributed by atoms with Gasteiger partial charge < -0.3 is 10.2 Å². The molecule has 2 N–H and O–H groups in total. The van der Waals surface area contributed by atoms with Crippen LogP contribution in [0.5, 0.6) is 0 Å². The summed E-state index contributed by atoms with van der Waals surface area (Å²) in [5.41, 5.74) is 0.224. The Bertz CT molecular complexity index is 631. The van der Waals surface area contributed by atoms with Gasteiger partial charge in [-0.2, -0.15) is 0 Å². The molecule has 3 nitrogen and oxygen atoms in total. The third-order valence-corrected chi connectivity index (χ3v) is 10.2. The molecule has 0 aromatic rings. The zero-order valence-electron chi connectivity index (χ0n) is 15.6. The number of halogens is 1. The fourth-order valence-corrected chi connectivity index (χ4v) is 8.94. The summed E-state index contributed by atoms with van der Waals surface area (Å²) in [7, 11) is 0. The van der Waals surface area contributed by atoms with Crippen molar-refractivity contribution in [2.75, 3.05) is 0 Å². The summed E-state index contributed by atoms with van der Waals surface area (Å²) in [6, 6.07) is 0. The monoisotopic (exact) mass is 458 g/mol. The summed E-state index contributed by atoms with van der Waals surface area (Å²) in [6.45, 7) is 6.17. The van der Waals surface area contributed by atoms with Crippen molar-refractivity contribution in [1.29, 1.82) is 0 Å². The second-order valence-electron chi connectivity index (χ2n) is 9.64. The van der Waals surface area contributed by atoms with E-state index in [1.54, 1.807) is 6.92 Å². The average Bonchev–Trinajstić information content (AvgIpc) is 2.77. The number of carbonyl (C=O) groups excluding carboxylic acids is 1. The largest absolute Gasteiger partial charge is 0.393 e. The number of alkyl halides is 1. The molecule has 8 atom stereocenters. The van der Waals surface area contributed by atoms with E-state index in [2.05, 4.69) is 42.5 Å². The molecule has 0 aliphatic heterocycles. The van der Waals surface area contributed by atoms with Gasteiger partial charge in [0.2, 0.25) is 0 Å². The topological polar surface area (TPSA) is 57.5 Å². The first-order chi connectivity index (χ1) is 11.6. The van der Waals surface area contributed by atoms with Crippen LogP contribution in [0.3, 0.4) is 0 Å². The van der Waals surface area contributed by atoms with Crippen LogP contribution in [0.1, 0.15) is 65.7 Å². The van der Waals surface area contributed by atoms with Crippen molar-refractivity contribution in [1.82, 2.24) is 0 Å². The first-order valence-electron chi connectivity index (χ1n) is 9.89. The maximum atomic E-state index is 12.4. The summed E-state index contributed by atoms with van der Waals surface area (Å²) >= 11 is 2.33. The van der Waals surface area contributed by atoms with Gasteiger partial charge in [-0.25, -0.2) is 0 Å². The molecule has 3 fully saturated rings. The number of aliphatic hydroxyl groups excluding tert-OH is 1. The second-order valence-corrected chi connectivity index (χ2v) is 11.1. The van der Waals surface area contributed by atoms with Crippen LogP contribution in [0.2, 0.25) is 0 Å². The number of hydrogen-bond donors (Lipinski definition) is 2. The molecule has 0 saturated heterocycles. The highest BCUT2D eigenvalue weighted by Crippen LogP contribution is 2.68. The molecule has 3 saturated carbocycles. The Labute approximate surface area is 164 Å². The predicted molar refractivity (Wildman–Crippen MR) is 107 cm³/mol. The molecule has 0 bridgehead atoms. The van der Waals surface area contributed by atoms with E-state index in [1.807, 2.05) is 0 Å². The molecule has 0 aromatic carbocycles. The number of hydrogen-bond acceptors (Lipinski definition) is 3. The quantitative estimate of drug-likeness (QED) is 0.354. The van der Waals surface area contributed by atoms with Gasteiger partial charge in [0.15, 0.2) is 5.78 Å². The van der Waals surface area contributed by atoms with E-state index >= 15 is 0 Å². The lowest BCUT2D eigenvalue weighted by atomic mass is 9.47. The Kier molecular flexibility index (Phi) is 4.26. The predicted octanol–water partition coefficient (Wildman–Crippen LogP) is 4.04. The van der Waals surface area contributed by atoms with Crippen LogP contribution < -0.4 is 0 Å². The zero-order valence-corrected chi connectivity index (χ0v) is 17.8. The minimum absolute atomic E-state index is 0.0164. The van der Waals surface area contributed by atoms with E-state index in [9.17, 15) is 15.0 Å². The summed E-state index contributed by atoms with van der Waals surface area (Å²) in [4.78, 5) is 12.4. The summed E-state index contributed by atoms with van der Waals surface area (Å²) in [5, 5.41) is 21.5. The fourth-order valence-electron chi connectivity index (χ4n) is 7.24. The molecule has 4 aliphatic carbocycles. The van der Waals surface area contributed by atoms with E-state index in [-0.39, 0.29) is 26.6 Å². The minimum Gasteiger partial charge on any atom is -0.393 e. The van der Waals surface area contributed by atoms with Gasteiger partial charge in [0.25, 0.3) is 0 Å². The second kappa shape index (κ2) is 5.78. The lowest BCUT2D eigenvalue weighted by Gasteiger charge is -2.58. The highest BCUT2D eigenvalue weighted by atomic mass is 127. The molecule has 4 rings (SSSR count). The molecule has 4 aliphatic rings. The molecule has 140 valence electrons. The normalized spacial score (nSPS) is 55.0. The maximum Gasteiger partial charge on any atom is 0.162 e. The van der Waals surface area contributed by atoms with Crippen molar-refractivity contribution in [3.8, 4) is 0 Å². The van der Waals surface area contributed by atoms with Gasteiger partial charge >= 0.3 is 0 Å². The number of carbonyl (C=O) groups is 1. The van der Waals surface area contributed by atoms with Gasteiger partial charge in [-0.3, -0.25) is 4.79 Å². The van der Waals surface area contributed by atoms with Gasteiger partial charge in [-0.15, -0.1) is 0 Å². The van der Waals surface area contributed by atoms with Crippen LogP contribution in [0.15, 0.2) is 11.6 Å². The highest BCUT2D eigenvalue weighted by Gasteiger charge is 2.68. The minimum atomic E-state index is -1.17. The third kappa shape index (κ3) is 2.25. The summed E-state index contributed by atoms with van der Waals surface area (Å²) in [6.07, 6.45) is 9.12. The third-order valence-electron chi connectivity index (χ3n) is 8.79. The van der Waals surface area contributed by atoms with Crippen LogP contribution in [0, 0.1) is 28.6 Å². The first kappa shape index (κ1) is 18.4. The molecule has 0 aromatic heterocycles. The Balaban J connectivity index is 1.72. The van der Waals surface area contributed by atoms with Crippen LogP contribution in [-0.4, -0.2) is 31.6 Å². The number of ketones is 1.